The summed E-state index contributed by atoms with van der Waals surface area (Å²) in [6.45, 7) is 0.209. The molecular weight excluding hydrogens is 272 g/mol. The number of nitrogens with zero attached hydrogens (tertiary/aromatic N) is 1. The maximum Gasteiger partial charge on any atom is 0.269 e. The summed E-state index contributed by atoms with van der Waals surface area (Å²) in [5.41, 5.74) is 1.14. The number of phenolic OH excluding ortho intramolecular Hbond substituents is 1. The number of hydrogen-bond acceptors (Lipinski definition) is 4. The minimum absolute atomic E-state index is 0.0407. The number of para-hydroxylation sites is 1. The molecule has 108 valence electrons. The van der Waals surface area contributed by atoms with Crippen LogP contribution in [0.15, 0.2) is 48.5 Å². The summed E-state index contributed by atoms with van der Waals surface area (Å²) in [5, 5.41) is 22.9. The van der Waals surface area contributed by atoms with Crippen LogP contribution in [0.2, 0.25) is 0 Å². The van der Waals surface area contributed by atoms with Gasteiger partial charge in [0.15, 0.2) is 0 Å². The molecule has 2 rings (SSSR count). The van der Waals surface area contributed by atoms with Gasteiger partial charge >= 0.3 is 0 Å². The van der Waals surface area contributed by atoms with Gasteiger partial charge in [-0.25, -0.2) is 0 Å². The molecular formula is C15H14N2O4. The number of hydrogen-bond donors (Lipinski definition) is 2. The number of non-ortho nitro benzene ring substituents is 1. The molecule has 0 unspecified atom stereocenters. The van der Waals surface area contributed by atoms with Gasteiger partial charge in [-0.1, -0.05) is 30.3 Å². The standard InChI is InChI=1S/C15H14N2O4/c18-14-7-2-1-5-12(14)10-16-15(19)9-11-4-3-6-13(8-11)17(20)21/h1-8,18H,9-10H2,(H,16,19). The van der Waals surface area contributed by atoms with Gasteiger partial charge in [-0.05, 0) is 11.6 Å². The van der Waals surface area contributed by atoms with Crippen LogP contribution in [0, 0.1) is 10.1 Å². The van der Waals surface area contributed by atoms with Gasteiger partial charge in [0.2, 0.25) is 5.91 Å². The van der Waals surface area contributed by atoms with Gasteiger partial charge in [0.05, 0.1) is 11.3 Å². The second kappa shape index (κ2) is 6.51. The summed E-state index contributed by atoms with van der Waals surface area (Å²) in [7, 11) is 0. The molecule has 0 saturated heterocycles. The van der Waals surface area contributed by atoms with Crippen LogP contribution in [0.3, 0.4) is 0 Å². The Kier molecular flexibility index (Phi) is 4.50. The van der Waals surface area contributed by atoms with Crippen molar-refractivity contribution in [3.05, 3.63) is 69.8 Å². The minimum atomic E-state index is -0.497. The van der Waals surface area contributed by atoms with Crippen molar-refractivity contribution in [2.24, 2.45) is 0 Å². The van der Waals surface area contributed by atoms with Crippen LogP contribution in [-0.4, -0.2) is 15.9 Å². The number of rotatable bonds is 5. The van der Waals surface area contributed by atoms with E-state index >= 15 is 0 Å². The van der Waals surface area contributed by atoms with E-state index in [2.05, 4.69) is 5.32 Å². The first kappa shape index (κ1) is 14.5. The first-order valence-corrected chi connectivity index (χ1v) is 6.33. The summed E-state index contributed by atoms with van der Waals surface area (Å²) in [4.78, 5) is 22.0. The van der Waals surface area contributed by atoms with Gasteiger partial charge in [0.1, 0.15) is 5.75 Å². The van der Waals surface area contributed by atoms with E-state index in [0.29, 0.717) is 11.1 Å². The van der Waals surface area contributed by atoms with E-state index < -0.39 is 4.92 Å². The highest BCUT2D eigenvalue weighted by atomic mass is 16.6. The van der Waals surface area contributed by atoms with E-state index in [1.807, 2.05) is 0 Å². The first-order chi connectivity index (χ1) is 10.1. The molecule has 2 N–H and O–H groups in total. The summed E-state index contributed by atoms with van der Waals surface area (Å²) in [6.07, 6.45) is 0.0509. The minimum Gasteiger partial charge on any atom is -0.508 e. The van der Waals surface area contributed by atoms with Crippen LogP contribution < -0.4 is 5.32 Å². The van der Waals surface area contributed by atoms with E-state index in [-0.39, 0.29) is 30.3 Å². The summed E-state index contributed by atoms with van der Waals surface area (Å²) in [6, 6.07) is 12.7. The third kappa shape index (κ3) is 4.04. The van der Waals surface area contributed by atoms with Crippen molar-refractivity contribution in [2.45, 2.75) is 13.0 Å². The summed E-state index contributed by atoms with van der Waals surface area (Å²) >= 11 is 0. The van der Waals surface area contributed by atoms with Gasteiger partial charge in [-0.2, -0.15) is 0 Å². The molecule has 2 aromatic carbocycles. The molecule has 21 heavy (non-hydrogen) atoms. The third-order valence-electron chi connectivity index (χ3n) is 2.95. The van der Waals surface area contributed by atoms with E-state index in [1.54, 1.807) is 36.4 Å². The zero-order valence-corrected chi connectivity index (χ0v) is 11.2. The molecule has 0 bridgehead atoms. The lowest BCUT2D eigenvalue weighted by atomic mass is 10.1. The molecule has 0 aromatic heterocycles. The molecule has 0 fully saturated rings. The van der Waals surface area contributed by atoms with Gasteiger partial charge in [0, 0.05) is 24.2 Å². The lowest BCUT2D eigenvalue weighted by molar-refractivity contribution is -0.384. The maximum atomic E-state index is 11.8. The lowest BCUT2D eigenvalue weighted by Gasteiger charge is -2.07. The fourth-order valence-electron chi connectivity index (χ4n) is 1.88. The van der Waals surface area contributed by atoms with Gasteiger partial charge < -0.3 is 10.4 Å². The SMILES string of the molecule is O=C(Cc1cccc([N+](=O)[O-])c1)NCc1ccccc1O. The van der Waals surface area contributed by atoms with E-state index in [9.17, 15) is 20.0 Å². The smallest absolute Gasteiger partial charge is 0.269 e. The number of nitrogens with one attached hydrogen (secondary N) is 1. The summed E-state index contributed by atoms with van der Waals surface area (Å²) < 4.78 is 0. The van der Waals surface area contributed by atoms with Gasteiger partial charge in [-0.3, -0.25) is 14.9 Å². The Labute approximate surface area is 121 Å². The molecule has 0 atom stereocenters. The number of amides is 1. The predicted molar refractivity (Wildman–Crippen MR) is 76.8 cm³/mol. The van der Waals surface area contributed by atoms with Gasteiger partial charge in [-0.15, -0.1) is 0 Å². The predicted octanol–water partition coefficient (Wildman–Crippen LogP) is 2.16. The highest BCUT2D eigenvalue weighted by Gasteiger charge is 2.09. The Morgan fingerprint density at radius 3 is 2.67 bits per heavy atom. The van der Waals surface area contributed by atoms with Crippen molar-refractivity contribution in [3.8, 4) is 5.75 Å². The number of benzene rings is 2. The average Bonchev–Trinajstić information content (AvgIpc) is 2.46. The number of carbonyl (C=O) groups is 1. The Bertz CT molecular complexity index is 670. The Hall–Kier alpha value is -2.89. The summed E-state index contributed by atoms with van der Waals surface area (Å²) in [5.74, 6) is -0.146. The number of aromatic hydroxyl groups is 1. The van der Waals surface area contributed by atoms with Crippen LogP contribution in [0.5, 0.6) is 5.75 Å². The van der Waals surface area contributed by atoms with Crippen LogP contribution in [-0.2, 0) is 17.8 Å². The number of nitro benzene ring substituents is 1. The normalized spacial score (nSPS) is 10.1. The molecule has 6 heteroatoms. The molecule has 0 spiro atoms. The third-order valence-corrected chi connectivity index (χ3v) is 2.95. The molecule has 0 aliphatic carbocycles. The topological polar surface area (TPSA) is 92.5 Å². The Morgan fingerprint density at radius 2 is 1.95 bits per heavy atom. The van der Waals surface area contributed by atoms with Crippen LogP contribution >= 0.6 is 0 Å². The van der Waals surface area contributed by atoms with Crippen LogP contribution in [0.4, 0.5) is 5.69 Å². The second-order valence-corrected chi connectivity index (χ2v) is 4.51. The molecule has 2 aromatic rings. The monoisotopic (exact) mass is 286 g/mol. The largest absolute Gasteiger partial charge is 0.508 e. The second-order valence-electron chi connectivity index (χ2n) is 4.51. The quantitative estimate of drug-likeness (QED) is 0.650. The zero-order valence-electron chi connectivity index (χ0n) is 11.2. The molecule has 0 saturated carbocycles. The molecule has 0 aliphatic rings. The number of nitro groups is 1. The highest BCUT2D eigenvalue weighted by molar-refractivity contribution is 5.78. The number of carbonyl (C=O) groups excluding carboxylic acids is 1. The van der Waals surface area contributed by atoms with Crippen molar-refractivity contribution in [1.29, 1.82) is 0 Å². The molecule has 6 nitrogen and oxygen atoms in total. The van der Waals surface area contributed by atoms with Crippen LogP contribution in [0.25, 0.3) is 0 Å². The van der Waals surface area contributed by atoms with Crippen molar-refractivity contribution in [3.63, 3.8) is 0 Å². The van der Waals surface area contributed by atoms with E-state index in [1.165, 1.54) is 12.1 Å². The Balaban J connectivity index is 1.95. The van der Waals surface area contributed by atoms with Gasteiger partial charge in [0.25, 0.3) is 5.69 Å². The average molecular weight is 286 g/mol. The molecule has 0 radical (unpaired) electrons. The fourth-order valence-corrected chi connectivity index (χ4v) is 1.88. The molecule has 0 aliphatic heterocycles. The zero-order chi connectivity index (χ0) is 15.2. The number of phenols is 1. The van der Waals surface area contributed by atoms with Crippen molar-refractivity contribution in [2.75, 3.05) is 0 Å². The van der Waals surface area contributed by atoms with E-state index in [4.69, 9.17) is 0 Å². The lowest BCUT2D eigenvalue weighted by Crippen LogP contribution is -2.24. The first-order valence-electron chi connectivity index (χ1n) is 6.33. The highest BCUT2D eigenvalue weighted by Crippen LogP contribution is 2.16. The Morgan fingerprint density at radius 1 is 1.19 bits per heavy atom. The van der Waals surface area contributed by atoms with Crippen molar-refractivity contribution in [1.82, 2.24) is 5.32 Å². The fraction of sp³-hybridized carbons (Fsp3) is 0.133. The molecule has 1 amide bonds. The van der Waals surface area contributed by atoms with Crippen molar-refractivity contribution >= 4 is 11.6 Å². The van der Waals surface area contributed by atoms with E-state index in [0.717, 1.165) is 0 Å². The van der Waals surface area contributed by atoms with Crippen LogP contribution in [0.1, 0.15) is 11.1 Å². The molecule has 0 heterocycles. The maximum absolute atomic E-state index is 11.8. The van der Waals surface area contributed by atoms with Crippen molar-refractivity contribution < 1.29 is 14.8 Å².